The Bertz CT molecular complexity index is 492. The molecule has 0 radical (unpaired) electrons. The van der Waals surface area contributed by atoms with E-state index in [0.29, 0.717) is 30.2 Å². The zero-order valence-corrected chi connectivity index (χ0v) is 10.6. The van der Waals surface area contributed by atoms with Gasteiger partial charge in [0.15, 0.2) is 11.5 Å². The van der Waals surface area contributed by atoms with Crippen LogP contribution in [-0.4, -0.2) is 49.8 Å². The monoisotopic (exact) mass is 263 g/mol. The largest absolute Gasteiger partial charge is 0.454 e. The summed E-state index contributed by atoms with van der Waals surface area (Å²) < 4.78 is 10.5. The van der Waals surface area contributed by atoms with Crippen molar-refractivity contribution in [1.29, 1.82) is 0 Å². The molecule has 0 saturated carbocycles. The lowest BCUT2D eigenvalue weighted by molar-refractivity contribution is 0.0644. The highest BCUT2D eigenvalue weighted by molar-refractivity contribution is 5.95. The molecule has 1 saturated heterocycles. The van der Waals surface area contributed by atoms with Gasteiger partial charge < -0.3 is 25.4 Å². The van der Waals surface area contributed by atoms with Crippen LogP contribution in [0.4, 0.5) is 0 Å². The molecule has 1 fully saturated rings. The molecular weight excluding hydrogens is 246 g/mol. The smallest absolute Gasteiger partial charge is 0.254 e. The number of piperazine rings is 1. The topological polar surface area (TPSA) is 76.8 Å². The molecule has 6 heteroatoms. The molecule has 0 aliphatic carbocycles. The highest BCUT2D eigenvalue weighted by atomic mass is 16.7. The van der Waals surface area contributed by atoms with E-state index in [-0.39, 0.29) is 18.7 Å². The minimum absolute atomic E-state index is 0.00440. The van der Waals surface area contributed by atoms with Gasteiger partial charge in [-0.3, -0.25) is 4.79 Å². The summed E-state index contributed by atoms with van der Waals surface area (Å²) in [5.41, 5.74) is 6.34. The van der Waals surface area contributed by atoms with E-state index in [0.717, 1.165) is 13.1 Å². The Morgan fingerprint density at radius 1 is 1.42 bits per heavy atom. The lowest BCUT2D eigenvalue weighted by Crippen LogP contribution is -2.56. The molecule has 1 aromatic rings. The highest BCUT2D eigenvalue weighted by Gasteiger charge is 2.27. The number of nitrogens with zero attached hydrogens (tertiary/aromatic N) is 1. The number of carbonyl (C=O) groups excluding carboxylic acids is 1. The van der Waals surface area contributed by atoms with E-state index in [1.165, 1.54) is 0 Å². The van der Waals surface area contributed by atoms with Crippen molar-refractivity contribution in [1.82, 2.24) is 10.2 Å². The maximum Gasteiger partial charge on any atom is 0.254 e. The maximum atomic E-state index is 12.5. The van der Waals surface area contributed by atoms with Crippen LogP contribution in [0, 0.1) is 0 Å². The number of benzene rings is 1. The van der Waals surface area contributed by atoms with Gasteiger partial charge in [-0.2, -0.15) is 0 Å². The van der Waals surface area contributed by atoms with Crippen LogP contribution in [0.1, 0.15) is 10.4 Å². The van der Waals surface area contributed by atoms with Crippen molar-refractivity contribution in [3.8, 4) is 11.5 Å². The number of hydrogen-bond acceptors (Lipinski definition) is 5. The predicted molar refractivity (Wildman–Crippen MR) is 69.3 cm³/mol. The van der Waals surface area contributed by atoms with Gasteiger partial charge >= 0.3 is 0 Å². The summed E-state index contributed by atoms with van der Waals surface area (Å²) >= 11 is 0. The number of nitrogens with two attached hydrogens (primary N) is 1. The molecule has 3 N–H and O–H groups in total. The molecule has 1 unspecified atom stereocenters. The van der Waals surface area contributed by atoms with Crippen LogP contribution in [0.5, 0.6) is 11.5 Å². The Morgan fingerprint density at radius 2 is 2.26 bits per heavy atom. The molecule has 2 heterocycles. The molecule has 0 aromatic heterocycles. The van der Waals surface area contributed by atoms with Crippen molar-refractivity contribution < 1.29 is 14.3 Å². The molecule has 0 bridgehead atoms. The number of ether oxygens (including phenoxy) is 2. The molecule has 2 aliphatic rings. The molecule has 102 valence electrons. The fourth-order valence-electron chi connectivity index (χ4n) is 2.43. The molecule has 1 atom stereocenters. The van der Waals surface area contributed by atoms with E-state index in [1.807, 2.05) is 4.90 Å². The van der Waals surface area contributed by atoms with Gasteiger partial charge in [0.25, 0.3) is 5.91 Å². The normalized spacial score (nSPS) is 21.5. The third kappa shape index (κ3) is 2.24. The van der Waals surface area contributed by atoms with Crippen molar-refractivity contribution in [2.75, 3.05) is 33.0 Å². The lowest BCUT2D eigenvalue weighted by Gasteiger charge is -2.35. The fourth-order valence-corrected chi connectivity index (χ4v) is 2.43. The fraction of sp³-hybridized carbons (Fsp3) is 0.462. The Hall–Kier alpha value is -1.79. The van der Waals surface area contributed by atoms with Crippen molar-refractivity contribution in [3.05, 3.63) is 23.8 Å². The minimum Gasteiger partial charge on any atom is -0.454 e. The van der Waals surface area contributed by atoms with E-state index < -0.39 is 0 Å². The first-order valence-corrected chi connectivity index (χ1v) is 6.41. The van der Waals surface area contributed by atoms with Crippen LogP contribution in [0.3, 0.4) is 0 Å². The first-order valence-electron chi connectivity index (χ1n) is 6.41. The van der Waals surface area contributed by atoms with Crippen LogP contribution < -0.4 is 20.5 Å². The second-order valence-electron chi connectivity index (χ2n) is 4.66. The zero-order valence-electron chi connectivity index (χ0n) is 10.6. The number of fused-ring (bicyclic) bond motifs is 1. The molecule has 1 aromatic carbocycles. The number of nitrogens with one attached hydrogen (secondary N) is 1. The second kappa shape index (κ2) is 5.07. The predicted octanol–water partition coefficient (Wildman–Crippen LogP) is -0.212. The summed E-state index contributed by atoms with van der Waals surface area (Å²) in [5, 5.41) is 3.25. The molecule has 0 spiro atoms. The first kappa shape index (κ1) is 12.3. The van der Waals surface area contributed by atoms with Gasteiger partial charge in [-0.1, -0.05) is 0 Å². The summed E-state index contributed by atoms with van der Waals surface area (Å²) in [6.07, 6.45) is 0. The molecule has 6 nitrogen and oxygen atoms in total. The standard InChI is InChI=1S/C13H17N3O3/c14-6-10-7-15-3-4-16(10)13(17)9-1-2-11-12(5-9)19-8-18-11/h1-2,5,10,15H,3-4,6-8,14H2. The van der Waals surface area contributed by atoms with Gasteiger partial charge in [0.05, 0.1) is 6.04 Å². The summed E-state index contributed by atoms with van der Waals surface area (Å²) in [4.78, 5) is 14.3. The quantitative estimate of drug-likeness (QED) is 0.772. The summed E-state index contributed by atoms with van der Waals surface area (Å²) in [6, 6.07) is 5.33. The Labute approximate surface area is 111 Å². The third-order valence-corrected chi connectivity index (χ3v) is 3.50. The van der Waals surface area contributed by atoms with Gasteiger partial charge in [0, 0.05) is 31.7 Å². The Balaban J connectivity index is 1.82. The molecule has 19 heavy (non-hydrogen) atoms. The molecule has 3 rings (SSSR count). The van der Waals surface area contributed by atoms with Crippen LogP contribution in [0.15, 0.2) is 18.2 Å². The molecular formula is C13H17N3O3. The van der Waals surface area contributed by atoms with Gasteiger partial charge in [-0.15, -0.1) is 0 Å². The van der Waals surface area contributed by atoms with Crippen LogP contribution in [0.25, 0.3) is 0 Å². The van der Waals surface area contributed by atoms with Gasteiger partial charge in [-0.25, -0.2) is 0 Å². The second-order valence-corrected chi connectivity index (χ2v) is 4.66. The van der Waals surface area contributed by atoms with E-state index >= 15 is 0 Å². The third-order valence-electron chi connectivity index (χ3n) is 3.50. The number of rotatable bonds is 2. The van der Waals surface area contributed by atoms with Gasteiger partial charge in [-0.05, 0) is 18.2 Å². The summed E-state index contributed by atoms with van der Waals surface area (Å²) in [5.74, 6) is 1.31. The number of hydrogen-bond donors (Lipinski definition) is 2. The number of carbonyl (C=O) groups is 1. The summed E-state index contributed by atoms with van der Waals surface area (Å²) in [6.45, 7) is 2.89. The highest BCUT2D eigenvalue weighted by Crippen LogP contribution is 2.32. The van der Waals surface area contributed by atoms with E-state index in [9.17, 15) is 4.79 Å². The van der Waals surface area contributed by atoms with E-state index in [1.54, 1.807) is 18.2 Å². The maximum absolute atomic E-state index is 12.5. The molecule has 2 aliphatic heterocycles. The van der Waals surface area contributed by atoms with Gasteiger partial charge in [0.1, 0.15) is 0 Å². The van der Waals surface area contributed by atoms with Gasteiger partial charge in [0.2, 0.25) is 6.79 Å². The van der Waals surface area contributed by atoms with Crippen LogP contribution >= 0.6 is 0 Å². The van der Waals surface area contributed by atoms with Crippen molar-refractivity contribution in [2.45, 2.75) is 6.04 Å². The van der Waals surface area contributed by atoms with Crippen molar-refractivity contribution in [2.24, 2.45) is 5.73 Å². The zero-order chi connectivity index (χ0) is 13.2. The van der Waals surface area contributed by atoms with Crippen molar-refractivity contribution >= 4 is 5.91 Å². The SMILES string of the molecule is NCC1CNCCN1C(=O)c1ccc2c(c1)OCO2. The average Bonchev–Trinajstić information content (AvgIpc) is 2.93. The Morgan fingerprint density at radius 3 is 3.11 bits per heavy atom. The van der Waals surface area contributed by atoms with Crippen LogP contribution in [-0.2, 0) is 0 Å². The summed E-state index contributed by atoms with van der Waals surface area (Å²) in [7, 11) is 0. The Kier molecular flexibility index (Phi) is 3.27. The van der Waals surface area contributed by atoms with Crippen LogP contribution in [0.2, 0.25) is 0 Å². The van der Waals surface area contributed by atoms with Crippen molar-refractivity contribution in [3.63, 3.8) is 0 Å². The first-order chi connectivity index (χ1) is 9.29. The van der Waals surface area contributed by atoms with E-state index in [4.69, 9.17) is 15.2 Å². The molecule has 1 amide bonds. The minimum atomic E-state index is -0.00440. The van der Waals surface area contributed by atoms with E-state index in [2.05, 4.69) is 5.32 Å². The average molecular weight is 263 g/mol. The number of amides is 1. The lowest BCUT2D eigenvalue weighted by atomic mass is 10.1.